The summed E-state index contributed by atoms with van der Waals surface area (Å²) in [7, 11) is 0. The number of phenolic OH excluding ortho intramolecular Hbond substituents is 1. The topological polar surface area (TPSA) is 32.3 Å². The molecule has 0 saturated heterocycles. The molecule has 0 bridgehead atoms. The Bertz CT molecular complexity index is 374. The minimum absolute atomic E-state index is 0.379. The largest absolute Gasteiger partial charge is 0.506 e. The third-order valence-electron chi connectivity index (χ3n) is 3.18. The maximum Gasteiger partial charge on any atom is 0.139 e. The van der Waals surface area contributed by atoms with E-state index in [9.17, 15) is 5.11 Å². The molecule has 1 spiro atoms. The number of phenols is 1. The molecule has 14 heavy (non-hydrogen) atoms. The van der Waals surface area contributed by atoms with Crippen LogP contribution in [0.4, 0.5) is 5.69 Å². The van der Waals surface area contributed by atoms with E-state index >= 15 is 0 Å². The highest BCUT2D eigenvalue weighted by Gasteiger charge is 2.41. The normalized spacial score (nSPS) is 22.3. The molecule has 1 saturated carbocycles. The maximum absolute atomic E-state index is 9.64. The molecule has 2 N–H and O–H groups in total. The van der Waals surface area contributed by atoms with Crippen molar-refractivity contribution in [3.63, 3.8) is 0 Å². The summed E-state index contributed by atoms with van der Waals surface area (Å²) in [6.07, 6.45) is 3.96. The molecule has 0 unspecified atom stereocenters. The lowest BCUT2D eigenvalue weighted by Gasteiger charge is -2.44. The van der Waals surface area contributed by atoms with E-state index in [1.165, 1.54) is 24.2 Å². The van der Waals surface area contributed by atoms with Crippen LogP contribution in [0.25, 0.3) is 0 Å². The summed E-state index contributed by atoms with van der Waals surface area (Å²) in [5.41, 5.74) is 0.926. The molecule has 1 aromatic rings. The number of thioether (sulfide) groups is 1. The van der Waals surface area contributed by atoms with E-state index in [4.69, 9.17) is 0 Å². The van der Waals surface area contributed by atoms with E-state index in [1.807, 2.05) is 17.8 Å². The summed E-state index contributed by atoms with van der Waals surface area (Å²) in [4.78, 5) is 1.20. The van der Waals surface area contributed by atoms with Crippen molar-refractivity contribution >= 4 is 17.4 Å². The first-order chi connectivity index (χ1) is 6.79. The van der Waals surface area contributed by atoms with E-state index in [2.05, 4.69) is 11.4 Å². The number of rotatable bonds is 0. The summed E-state index contributed by atoms with van der Waals surface area (Å²) in [5.74, 6) is 0.379. The van der Waals surface area contributed by atoms with Crippen molar-refractivity contribution in [1.29, 1.82) is 0 Å². The van der Waals surface area contributed by atoms with Crippen molar-refractivity contribution in [3.05, 3.63) is 18.2 Å². The van der Waals surface area contributed by atoms with Crippen LogP contribution in [-0.2, 0) is 0 Å². The Balaban J connectivity index is 1.98. The lowest BCUT2D eigenvalue weighted by atomic mass is 9.84. The van der Waals surface area contributed by atoms with Gasteiger partial charge in [-0.05, 0) is 25.0 Å². The van der Waals surface area contributed by atoms with Gasteiger partial charge < -0.3 is 10.4 Å². The van der Waals surface area contributed by atoms with Crippen LogP contribution in [0.3, 0.4) is 0 Å². The molecule has 0 aromatic heterocycles. The van der Waals surface area contributed by atoms with Gasteiger partial charge in [-0.3, -0.25) is 0 Å². The quantitative estimate of drug-likeness (QED) is 0.642. The predicted molar refractivity (Wildman–Crippen MR) is 59.0 cm³/mol. The van der Waals surface area contributed by atoms with Crippen LogP contribution in [0.5, 0.6) is 5.75 Å². The zero-order valence-electron chi connectivity index (χ0n) is 7.92. The zero-order chi connectivity index (χ0) is 9.60. The number of hydrogen-bond acceptors (Lipinski definition) is 3. The van der Waals surface area contributed by atoms with Crippen LogP contribution >= 0.6 is 11.8 Å². The van der Waals surface area contributed by atoms with Crippen LogP contribution in [-0.4, -0.2) is 16.4 Å². The smallest absolute Gasteiger partial charge is 0.139 e. The third kappa shape index (κ3) is 1.12. The van der Waals surface area contributed by atoms with E-state index in [0.717, 1.165) is 12.2 Å². The van der Waals surface area contributed by atoms with E-state index in [0.29, 0.717) is 10.5 Å². The molecule has 1 aliphatic carbocycles. The van der Waals surface area contributed by atoms with Crippen molar-refractivity contribution < 1.29 is 5.11 Å². The van der Waals surface area contributed by atoms with E-state index in [1.54, 1.807) is 6.07 Å². The van der Waals surface area contributed by atoms with Gasteiger partial charge in [0.15, 0.2) is 0 Å². The van der Waals surface area contributed by atoms with Gasteiger partial charge in [-0.15, -0.1) is 11.8 Å². The van der Waals surface area contributed by atoms with Gasteiger partial charge in [0.05, 0.1) is 5.69 Å². The zero-order valence-corrected chi connectivity index (χ0v) is 8.73. The molecule has 0 radical (unpaired) electrons. The van der Waals surface area contributed by atoms with Crippen LogP contribution < -0.4 is 5.32 Å². The van der Waals surface area contributed by atoms with E-state index in [-0.39, 0.29) is 0 Å². The van der Waals surface area contributed by atoms with Crippen molar-refractivity contribution in [2.45, 2.75) is 28.9 Å². The van der Waals surface area contributed by atoms with Gasteiger partial charge in [-0.25, -0.2) is 0 Å². The third-order valence-corrected chi connectivity index (χ3v) is 4.73. The molecular formula is C11H13NOS. The Morgan fingerprint density at radius 1 is 1.36 bits per heavy atom. The molecule has 3 rings (SSSR count). The highest BCUT2D eigenvalue weighted by Crippen LogP contribution is 2.53. The Labute approximate surface area is 87.7 Å². The molecule has 1 aliphatic heterocycles. The SMILES string of the molecule is Oc1cccc2c1NCC1(CCC1)S2. The summed E-state index contributed by atoms with van der Waals surface area (Å²) in [6, 6.07) is 5.75. The minimum Gasteiger partial charge on any atom is -0.506 e. The number of fused-ring (bicyclic) bond motifs is 1. The van der Waals surface area contributed by atoms with Crippen LogP contribution in [0, 0.1) is 0 Å². The Morgan fingerprint density at radius 3 is 2.93 bits per heavy atom. The van der Waals surface area contributed by atoms with Crippen LogP contribution in [0.15, 0.2) is 23.1 Å². The van der Waals surface area contributed by atoms with Gasteiger partial charge >= 0.3 is 0 Å². The van der Waals surface area contributed by atoms with Gasteiger partial charge in [0, 0.05) is 16.2 Å². The van der Waals surface area contributed by atoms with Crippen molar-refractivity contribution in [1.82, 2.24) is 0 Å². The first kappa shape index (κ1) is 8.48. The second-order valence-corrected chi connectivity index (χ2v) is 5.65. The second kappa shape index (κ2) is 2.83. The Kier molecular flexibility index (Phi) is 1.71. The standard InChI is InChI=1S/C11H13NOS/c13-8-3-1-4-9-10(8)12-7-11(14-9)5-2-6-11/h1,3-4,12-13H,2,5-7H2. The fourth-order valence-electron chi connectivity index (χ4n) is 2.15. The van der Waals surface area contributed by atoms with Crippen molar-refractivity contribution in [3.8, 4) is 5.75 Å². The highest BCUT2D eigenvalue weighted by atomic mass is 32.2. The molecule has 2 aliphatic rings. The Morgan fingerprint density at radius 2 is 2.21 bits per heavy atom. The summed E-state index contributed by atoms with van der Waals surface area (Å²) in [5, 5.41) is 13.0. The lowest BCUT2D eigenvalue weighted by Crippen LogP contribution is -2.42. The van der Waals surface area contributed by atoms with Gasteiger partial charge in [0.25, 0.3) is 0 Å². The average molecular weight is 207 g/mol. The van der Waals surface area contributed by atoms with Crippen LogP contribution in [0.2, 0.25) is 0 Å². The molecule has 1 aromatic carbocycles. The van der Waals surface area contributed by atoms with Gasteiger partial charge in [-0.1, -0.05) is 12.5 Å². The highest BCUT2D eigenvalue weighted by molar-refractivity contribution is 8.01. The fraction of sp³-hybridized carbons (Fsp3) is 0.455. The summed E-state index contributed by atoms with van der Waals surface area (Å²) in [6.45, 7) is 1.00. The molecule has 0 amide bonds. The fourth-order valence-corrected chi connectivity index (χ4v) is 3.68. The van der Waals surface area contributed by atoms with E-state index < -0.39 is 0 Å². The molecule has 3 heteroatoms. The molecule has 2 nitrogen and oxygen atoms in total. The molecule has 0 atom stereocenters. The first-order valence-electron chi connectivity index (χ1n) is 5.04. The second-order valence-electron chi connectivity index (χ2n) is 4.14. The number of anilines is 1. The van der Waals surface area contributed by atoms with Crippen molar-refractivity contribution in [2.24, 2.45) is 0 Å². The van der Waals surface area contributed by atoms with Crippen molar-refractivity contribution in [2.75, 3.05) is 11.9 Å². The van der Waals surface area contributed by atoms with Gasteiger partial charge in [-0.2, -0.15) is 0 Å². The maximum atomic E-state index is 9.64. The molecular weight excluding hydrogens is 194 g/mol. The number of benzene rings is 1. The molecule has 1 fully saturated rings. The van der Waals surface area contributed by atoms with Gasteiger partial charge in [0.2, 0.25) is 0 Å². The number of hydrogen-bond donors (Lipinski definition) is 2. The summed E-state index contributed by atoms with van der Waals surface area (Å²) >= 11 is 1.94. The molecule has 1 heterocycles. The monoisotopic (exact) mass is 207 g/mol. The van der Waals surface area contributed by atoms with Gasteiger partial charge in [0.1, 0.15) is 5.75 Å². The number of para-hydroxylation sites is 1. The predicted octanol–water partition coefficient (Wildman–Crippen LogP) is 2.83. The Hall–Kier alpha value is -0.830. The first-order valence-corrected chi connectivity index (χ1v) is 5.86. The number of nitrogens with one attached hydrogen (secondary N) is 1. The number of aromatic hydroxyl groups is 1. The average Bonchev–Trinajstić information content (AvgIpc) is 2.15. The summed E-state index contributed by atoms with van der Waals surface area (Å²) < 4.78 is 0.431. The lowest BCUT2D eigenvalue weighted by molar-refractivity contribution is 0.375. The molecule has 74 valence electrons. The van der Waals surface area contributed by atoms with Crippen LogP contribution in [0.1, 0.15) is 19.3 Å². The minimum atomic E-state index is 0.379.